The maximum absolute atomic E-state index is 12.8. The van der Waals surface area contributed by atoms with E-state index < -0.39 is 0 Å². The van der Waals surface area contributed by atoms with Gasteiger partial charge in [0.15, 0.2) is 0 Å². The number of carbonyl (C=O) groups excluding carboxylic acids is 1. The van der Waals surface area contributed by atoms with Gasteiger partial charge in [-0.1, -0.05) is 36.2 Å². The molecule has 7 heteroatoms. The lowest BCUT2D eigenvalue weighted by molar-refractivity contribution is 0.262. The third-order valence-electron chi connectivity index (χ3n) is 6.00. The Morgan fingerprint density at radius 1 is 0.971 bits per heavy atom. The molecule has 3 aromatic rings. The standard InChI is InChI=1S/C27H31ClN4O2/c28-22-13-14-25(20(18-22)8-2-1-5-17-33)31-27(34)29-23-10-6-9-21(19-23)24-11-7-12-26(30-24)32-15-3-4-16-32/h6-7,9-14,18-19,33H,1-5,8,15-17H2,(H2,29,31,34). The number of rotatable bonds is 9. The summed E-state index contributed by atoms with van der Waals surface area (Å²) < 4.78 is 0. The number of carbonyl (C=O) groups is 1. The number of unbranched alkanes of at least 4 members (excludes halogenated alkanes) is 2. The summed E-state index contributed by atoms with van der Waals surface area (Å²) in [6.45, 7) is 2.29. The van der Waals surface area contributed by atoms with Crippen LogP contribution >= 0.6 is 11.6 Å². The first-order valence-electron chi connectivity index (χ1n) is 11.9. The van der Waals surface area contributed by atoms with Gasteiger partial charge in [0.2, 0.25) is 0 Å². The number of aliphatic hydroxyl groups is 1. The van der Waals surface area contributed by atoms with Gasteiger partial charge in [-0.3, -0.25) is 0 Å². The Bertz CT molecular complexity index is 1120. The molecule has 1 aliphatic rings. The van der Waals surface area contributed by atoms with Crippen molar-refractivity contribution in [2.75, 3.05) is 35.2 Å². The first-order chi connectivity index (χ1) is 16.6. The normalized spacial score (nSPS) is 13.2. The smallest absolute Gasteiger partial charge is 0.323 e. The minimum absolute atomic E-state index is 0.195. The lowest BCUT2D eigenvalue weighted by Crippen LogP contribution is -2.20. The van der Waals surface area contributed by atoms with Crippen LogP contribution in [-0.4, -0.2) is 35.8 Å². The average Bonchev–Trinajstić information content (AvgIpc) is 3.39. The van der Waals surface area contributed by atoms with Crippen LogP contribution in [0.15, 0.2) is 60.7 Å². The molecule has 0 atom stereocenters. The molecule has 1 aliphatic heterocycles. The van der Waals surface area contributed by atoms with E-state index in [2.05, 4.69) is 21.6 Å². The predicted octanol–water partition coefficient (Wildman–Crippen LogP) is 6.35. The fraction of sp³-hybridized carbons (Fsp3) is 0.333. The monoisotopic (exact) mass is 478 g/mol. The zero-order valence-electron chi connectivity index (χ0n) is 19.3. The van der Waals surface area contributed by atoms with E-state index in [-0.39, 0.29) is 12.6 Å². The summed E-state index contributed by atoms with van der Waals surface area (Å²) in [5.41, 5.74) is 4.26. The fourth-order valence-electron chi connectivity index (χ4n) is 4.24. The van der Waals surface area contributed by atoms with Crippen LogP contribution in [0, 0.1) is 0 Å². The molecule has 0 bridgehead atoms. The summed E-state index contributed by atoms with van der Waals surface area (Å²) in [5, 5.41) is 15.5. The van der Waals surface area contributed by atoms with Gasteiger partial charge in [0.1, 0.15) is 5.82 Å². The molecule has 0 saturated carbocycles. The van der Waals surface area contributed by atoms with Crippen LogP contribution in [0.3, 0.4) is 0 Å². The first-order valence-corrected chi connectivity index (χ1v) is 12.3. The maximum atomic E-state index is 12.8. The van der Waals surface area contributed by atoms with Gasteiger partial charge in [0.25, 0.3) is 0 Å². The number of aliphatic hydroxyl groups excluding tert-OH is 1. The lowest BCUT2D eigenvalue weighted by Gasteiger charge is -2.17. The van der Waals surface area contributed by atoms with Crippen LogP contribution < -0.4 is 15.5 Å². The van der Waals surface area contributed by atoms with Crippen LogP contribution in [-0.2, 0) is 6.42 Å². The molecule has 34 heavy (non-hydrogen) atoms. The molecular weight excluding hydrogens is 448 g/mol. The Balaban J connectivity index is 1.43. The number of anilines is 3. The van der Waals surface area contributed by atoms with E-state index in [0.29, 0.717) is 10.7 Å². The topological polar surface area (TPSA) is 77.5 Å². The van der Waals surface area contributed by atoms with Gasteiger partial charge in [-0.25, -0.2) is 9.78 Å². The van der Waals surface area contributed by atoms with E-state index in [4.69, 9.17) is 21.7 Å². The number of aromatic nitrogens is 1. The second-order valence-corrected chi connectivity index (χ2v) is 9.01. The predicted molar refractivity (Wildman–Crippen MR) is 140 cm³/mol. The summed E-state index contributed by atoms with van der Waals surface area (Å²) >= 11 is 6.17. The number of hydrogen-bond acceptors (Lipinski definition) is 4. The Kier molecular flexibility index (Phi) is 8.39. The number of halogens is 1. The highest BCUT2D eigenvalue weighted by Gasteiger charge is 2.14. The van der Waals surface area contributed by atoms with Crippen LogP contribution in [0.5, 0.6) is 0 Å². The van der Waals surface area contributed by atoms with E-state index in [1.54, 1.807) is 6.07 Å². The number of aryl methyl sites for hydroxylation is 1. The van der Waals surface area contributed by atoms with Crippen molar-refractivity contribution >= 4 is 34.8 Å². The van der Waals surface area contributed by atoms with E-state index in [0.717, 1.165) is 67.1 Å². The van der Waals surface area contributed by atoms with Gasteiger partial charge in [0, 0.05) is 41.7 Å². The molecule has 2 aromatic carbocycles. The van der Waals surface area contributed by atoms with Crippen molar-refractivity contribution < 1.29 is 9.90 Å². The third kappa shape index (κ3) is 6.49. The Labute approximate surface area is 206 Å². The van der Waals surface area contributed by atoms with Crippen LogP contribution in [0.25, 0.3) is 11.3 Å². The van der Waals surface area contributed by atoms with Crippen LogP contribution in [0.2, 0.25) is 5.02 Å². The van der Waals surface area contributed by atoms with E-state index in [1.807, 2.05) is 48.5 Å². The van der Waals surface area contributed by atoms with Crippen molar-refractivity contribution in [3.8, 4) is 11.3 Å². The van der Waals surface area contributed by atoms with Crippen molar-refractivity contribution in [3.63, 3.8) is 0 Å². The fourth-order valence-corrected chi connectivity index (χ4v) is 4.44. The number of nitrogens with zero attached hydrogens (tertiary/aromatic N) is 2. The SMILES string of the molecule is O=C(Nc1cccc(-c2cccc(N3CCCC3)n2)c1)Nc1ccc(Cl)cc1CCCCCO. The summed E-state index contributed by atoms with van der Waals surface area (Å²) in [7, 11) is 0. The molecule has 2 heterocycles. The van der Waals surface area contributed by atoms with Crippen LogP contribution in [0.1, 0.15) is 37.7 Å². The number of urea groups is 1. The number of pyridine rings is 1. The molecule has 0 aliphatic carbocycles. The molecule has 1 saturated heterocycles. The lowest BCUT2D eigenvalue weighted by atomic mass is 10.1. The number of hydrogen-bond donors (Lipinski definition) is 3. The molecule has 178 valence electrons. The van der Waals surface area contributed by atoms with Gasteiger partial charge in [0.05, 0.1) is 5.69 Å². The second kappa shape index (κ2) is 11.9. The Morgan fingerprint density at radius 3 is 2.62 bits per heavy atom. The van der Waals surface area contributed by atoms with Gasteiger partial charge in [-0.05, 0) is 80.1 Å². The molecule has 0 radical (unpaired) electrons. The van der Waals surface area contributed by atoms with Gasteiger partial charge in [-0.15, -0.1) is 0 Å². The van der Waals surface area contributed by atoms with Crippen molar-refractivity contribution in [1.82, 2.24) is 4.98 Å². The average molecular weight is 479 g/mol. The van der Waals surface area contributed by atoms with Gasteiger partial charge in [-0.2, -0.15) is 0 Å². The Morgan fingerprint density at radius 2 is 1.79 bits per heavy atom. The van der Waals surface area contributed by atoms with Crippen molar-refractivity contribution in [2.24, 2.45) is 0 Å². The molecule has 3 N–H and O–H groups in total. The zero-order chi connectivity index (χ0) is 23.8. The minimum atomic E-state index is -0.310. The van der Waals surface area contributed by atoms with Gasteiger partial charge < -0.3 is 20.6 Å². The number of nitrogens with one attached hydrogen (secondary N) is 2. The van der Waals surface area contributed by atoms with Crippen molar-refractivity contribution in [3.05, 3.63) is 71.2 Å². The summed E-state index contributed by atoms with van der Waals surface area (Å²) in [6, 6.07) is 19.0. The first kappa shape index (κ1) is 24.0. The summed E-state index contributed by atoms with van der Waals surface area (Å²) in [4.78, 5) is 19.9. The molecule has 0 unspecified atom stereocenters. The molecular formula is C27H31ClN4O2. The highest BCUT2D eigenvalue weighted by Crippen LogP contribution is 2.26. The highest BCUT2D eigenvalue weighted by molar-refractivity contribution is 6.30. The number of amides is 2. The third-order valence-corrected chi connectivity index (χ3v) is 6.24. The summed E-state index contributed by atoms with van der Waals surface area (Å²) in [6.07, 6.45) is 5.81. The largest absolute Gasteiger partial charge is 0.396 e. The molecule has 0 spiro atoms. The van der Waals surface area contributed by atoms with E-state index >= 15 is 0 Å². The quantitative estimate of drug-likeness (QED) is 0.313. The van der Waals surface area contributed by atoms with E-state index in [1.165, 1.54) is 12.8 Å². The molecule has 1 fully saturated rings. The van der Waals surface area contributed by atoms with Crippen molar-refractivity contribution in [2.45, 2.75) is 38.5 Å². The molecule has 1 aromatic heterocycles. The number of benzene rings is 2. The maximum Gasteiger partial charge on any atom is 0.323 e. The zero-order valence-corrected chi connectivity index (χ0v) is 20.0. The van der Waals surface area contributed by atoms with Gasteiger partial charge >= 0.3 is 6.03 Å². The van der Waals surface area contributed by atoms with E-state index in [9.17, 15) is 4.79 Å². The van der Waals surface area contributed by atoms with Crippen molar-refractivity contribution in [1.29, 1.82) is 0 Å². The summed E-state index contributed by atoms with van der Waals surface area (Å²) in [5.74, 6) is 1.00. The molecule has 4 rings (SSSR count). The second-order valence-electron chi connectivity index (χ2n) is 8.57. The minimum Gasteiger partial charge on any atom is -0.396 e. The van der Waals surface area contributed by atoms with Crippen LogP contribution in [0.4, 0.5) is 22.0 Å². The Hall–Kier alpha value is -3.09. The molecule has 6 nitrogen and oxygen atoms in total. The molecule has 2 amide bonds. The highest BCUT2D eigenvalue weighted by atomic mass is 35.5.